The van der Waals surface area contributed by atoms with Crippen molar-refractivity contribution in [2.75, 3.05) is 0 Å². The van der Waals surface area contributed by atoms with Crippen LogP contribution in [0.2, 0.25) is 0 Å². The molecule has 0 aliphatic rings. The second-order valence-electron chi connectivity index (χ2n) is 3.01. The maximum Gasteiger partial charge on any atom is 0.471 e. The van der Waals surface area contributed by atoms with E-state index < -0.39 is 12.1 Å². The Bertz CT molecular complexity index is 487. The van der Waals surface area contributed by atoms with Gasteiger partial charge in [-0.2, -0.15) is 13.2 Å². The first-order valence-corrected chi connectivity index (χ1v) is 5.11. The van der Waals surface area contributed by atoms with Crippen LogP contribution in [0, 0.1) is 0 Å². The third-order valence-electron chi connectivity index (χ3n) is 1.83. The van der Waals surface area contributed by atoms with Crippen LogP contribution in [0.5, 0.6) is 0 Å². The Morgan fingerprint density at radius 2 is 2.31 bits per heavy atom. The molecule has 2 aromatic heterocycles. The summed E-state index contributed by atoms with van der Waals surface area (Å²) in [6.07, 6.45) is -1.54. The molecular formula is C8H6F3N3OS. The Morgan fingerprint density at radius 3 is 2.94 bits per heavy atom. The number of amides is 1. The highest BCUT2D eigenvalue weighted by Gasteiger charge is 2.38. The van der Waals surface area contributed by atoms with E-state index >= 15 is 0 Å². The summed E-state index contributed by atoms with van der Waals surface area (Å²) in [5.74, 6) is -1.95. The van der Waals surface area contributed by atoms with Crippen molar-refractivity contribution in [3.8, 4) is 0 Å². The highest BCUT2D eigenvalue weighted by atomic mass is 32.1. The van der Waals surface area contributed by atoms with E-state index in [1.807, 2.05) is 0 Å². The molecule has 2 rings (SSSR count). The fourth-order valence-corrected chi connectivity index (χ4v) is 1.85. The first-order chi connectivity index (χ1) is 7.47. The Labute approximate surface area is 91.7 Å². The van der Waals surface area contributed by atoms with Gasteiger partial charge in [0.2, 0.25) is 0 Å². The number of rotatable bonds is 2. The molecule has 1 amide bonds. The van der Waals surface area contributed by atoms with Gasteiger partial charge in [0, 0.05) is 17.8 Å². The molecule has 16 heavy (non-hydrogen) atoms. The van der Waals surface area contributed by atoms with Crippen molar-refractivity contribution >= 4 is 22.2 Å². The van der Waals surface area contributed by atoms with Crippen LogP contribution in [0.1, 0.15) is 5.69 Å². The number of nitrogens with zero attached hydrogens (tertiary/aromatic N) is 2. The Morgan fingerprint density at radius 1 is 1.56 bits per heavy atom. The van der Waals surface area contributed by atoms with Gasteiger partial charge in [-0.15, -0.1) is 11.3 Å². The Kier molecular flexibility index (Phi) is 2.58. The monoisotopic (exact) mass is 249 g/mol. The highest BCUT2D eigenvalue weighted by Crippen LogP contribution is 2.15. The van der Waals surface area contributed by atoms with E-state index in [4.69, 9.17) is 0 Å². The third kappa shape index (κ3) is 2.16. The second kappa shape index (κ2) is 3.78. The summed E-state index contributed by atoms with van der Waals surface area (Å²) < 4.78 is 37.3. The second-order valence-corrected chi connectivity index (χ2v) is 3.88. The fraction of sp³-hybridized carbons (Fsp3) is 0.250. The summed E-state index contributed by atoms with van der Waals surface area (Å²) in [7, 11) is 0. The van der Waals surface area contributed by atoms with E-state index in [0.29, 0.717) is 10.7 Å². The van der Waals surface area contributed by atoms with E-state index in [1.54, 1.807) is 27.5 Å². The van der Waals surface area contributed by atoms with Crippen LogP contribution in [0.25, 0.3) is 4.96 Å². The Hall–Kier alpha value is -1.57. The van der Waals surface area contributed by atoms with E-state index in [0.717, 1.165) is 0 Å². The first-order valence-electron chi connectivity index (χ1n) is 4.23. The van der Waals surface area contributed by atoms with Crippen LogP contribution in [-0.2, 0) is 11.3 Å². The topological polar surface area (TPSA) is 46.4 Å². The number of halogens is 3. The molecule has 1 N–H and O–H groups in total. The summed E-state index contributed by atoms with van der Waals surface area (Å²) in [5, 5.41) is 3.56. The van der Waals surface area contributed by atoms with Crippen LogP contribution in [0.4, 0.5) is 13.2 Å². The quantitative estimate of drug-likeness (QED) is 0.878. The average molecular weight is 249 g/mol. The number of thiazole rings is 1. The van der Waals surface area contributed by atoms with Gasteiger partial charge >= 0.3 is 12.1 Å². The number of nitrogens with one attached hydrogen (secondary N) is 1. The number of carbonyl (C=O) groups excluding carboxylic acids is 1. The molecule has 4 nitrogen and oxygen atoms in total. The predicted molar refractivity (Wildman–Crippen MR) is 51.0 cm³/mol. The molecule has 86 valence electrons. The number of hydrogen-bond donors (Lipinski definition) is 1. The lowest BCUT2D eigenvalue weighted by Crippen LogP contribution is -2.36. The molecule has 2 aromatic rings. The smallest absolute Gasteiger partial charge is 0.343 e. The number of alkyl halides is 3. The molecular weight excluding hydrogens is 243 g/mol. The molecule has 0 aliphatic heterocycles. The lowest BCUT2D eigenvalue weighted by molar-refractivity contribution is -0.173. The molecule has 0 spiro atoms. The van der Waals surface area contributed by atoms with Gasteiger partial charge in [-0.25, -0.2) is 4.98 Å². The van der Waals surface area contributed by atoms with Crippen molar-refractivity contribution in [3.63, 3.8) is 0 Å². The minimum absolute atomic E-state index is 0.229. The predicted octanol–water partition coefficient (Wildman–Crippen LogP) is 1.57. The fourth-order valence-electron chi connectivity index (χ4n) is 1.13. The molecule has 0 aliphatic carbocycles. The molecule has 0 atom stereocenters. The first kappa shape index (κ1) is 10.9. The van der Waals surface area contributed by atoms with Crippen molar-refractivity contribution in [1.82, 2.24) is 14.7 Å². The highest BCUT2D eigenvalue weighted by molar-refractivity contribution is 7.15. The Balaban J connectivity index is 2.01. The molecule has 2 heterocycles. The number of aromatic nitrogens is 2. The van der Waals surface area contributed by atoms with Crippen molar-refractivity contribution < 1.29 is 18.0 Å². The van der Waals surface area contributed by atoms with E-state index in [9.17, 15) is 18.0 Å². The molecule has 0 bridgehead atoms. The van der Waals surface area contributed by atoms with Gasteiger partial charge in [-0.05, 0) is 0 Å². The van der Waals surface area contributed by atoms with Crippen molar-refractivity contribution in [2.45, 2.75) is 12.7 Å². The number of fused-ring (bicyclic) bond motifs is 1. The van der Waals surface area contributed by atoms with Gasteiger partial charge in [0.05, 0.1) is 12.2 Å². The van der Waals surface area contributed by atoms with Crippen molar-refractivity contribution in [3.05, 3.63) is 23.5 Å². The third-order valence-corrected chi connectivity index (χ3v) is 2.60. The SMILES string of the molecule is O=C(NCc1cn2ccsc2n1)C(F)(F)F. The normalized spacial score (nSPS) is 11.9. The standard InChI is InChI=1S/C8H6F3N3OS/c9-8(10,11)6(15)12-3-5-4-14-1-2-16-7(14)13-5/h1-2,4H,3H2,(H,12,15). The van der Waals surface area contributed by atoms with Gasteiger partial charge in [0.1, 0.15) is 0 Å². The maximum absolute atomic E-state index is 11.9. The number of carbonyl (C=O) groups is 1. The van der Waals surface area contributed by atoms with Gasteiger partial charge in [0.15, 0.2) is 4.96 Å². The summed E-state index contributed by atoms with van der Waals surface area (Å²) in [6, 6.07) is 0. The average Bonchev–Trinajstić information content (AvgIpc) is 2.71. The minimum Gasteiger partial charge on any atom is -0.343 e. The van der Waals surface area contributed by atoms with E-state index in [2.05, 4.69) is 4.98 Å². The van der Waals surface area contributed by atoms with Gasteiger partial charge < -0.3 is 5.32 Å². The zero-order valence-corrected chi connectivity index (χ0v) is 8.60. The molecule has 0 saturated carbocycles. The largest absolute Gasteiger partial charge is 0.471 e. The van der Waals surface area contributed by atoms with Crippen LogP contribution in [-0.4, -0.2) is 21.5 Å². The lowest BCUT2D eigenvalue weighted by atomic mass is 10.4. The van der Waals surface area contributed by atoms with Gasteiger partial charge in [-0.1, -0.05) is 0 Å². The molecule has 0 saturated heterocycles. The van der Waals surface area contributed by atoms with E-state index in [-0.39, 0.29) is 6.54 Å². The molecule has 0 unspecified atom stereocenters. The van der Waals surface area contributed by atoms with Crippen LogP contribution in [0.15, 0.2) is 17.8 Å². The number of imidazole rings is 1. The zero-order valence-electron chi connectivity index (χ0n) is 7.78. The summed E-state index contributed by atoms with van der Waals surface area (Å²) in [5.41, 5.74) is 0.393. The van der Waals surface area contributed by atoms with Gasteiger partial charge in [0.25, 0.3) is 0 Å². The van der Waals surface area contributed by atoms with Gasteiger partial charge in [-0.3, -0.25) is 9.20 Å². The summed E-state index contributed by atoms with van der Waals surface area (Å²) >= 11 is 1.36. The lowest BCUT2D eigenvalue weighted by Gasteiger charge is -2.05. The maximum atomic E-state index is 11.9. The molecule has 0 radical (unpaired) electrons. The van der Waals surface area contributed by atoms with Crippen molar-refractivity contribution in [2.24, 2.45) is 0 Å². The summed E-state index contributed by atoms with van der Waals surface area (Å²) in [4.78, 5) is 15.2. The minimum atomic E-state index is -4.85. The van der Waals surface area contributed by atoms with Crippen LogP contribution in [0.3, 0.4) is 0 Å². The van der Waals surface area contributed by atoms with Crippen LogP contribution >= 0.6 is 11.3 Å². The molecule has 8 heteroatoms. The molecule has 0 fully saturated rings. The zero-order chi connectivity index (χ0) is 11.8. The molecule has 0 aromatic carbocycles. The van der Waals surface area contributed by atoms with E-state index in [1.165, 1.54) is 11.3 Å². The van der Waals surface area contributed by atoms with Crippen LogP contribution < -0.4 is 5.32 Å². The number of hydrogen-bond acceptors (Lipinski definition) is 3. The van der Waals surface area contributed by atoms with Crippen molar-refractivity contribution in [1.29, 1.82) is 0 Å². The summed E-state index contributed by atoms with van der Waals surface area (Å²) in [6.45, 7) is -0.229.